The molecule has 3 aliphatic rings. The summed E-state index contributed by atoms with van der Waals surface area (Å²) >= 11 is 0. The van der Waals surface area contributed by atoms with Crippen LogP contribution in [0.3, 0.4) is 0 Å². The van der Waals surface area contributed by atoms with Crippen LogP contribution in [0.4, 0.5) is 5.69 Å². The van der Waals surface area contributed by atoms with Crippen LogP contribution >= 0.6 is 0 Å². The molecular formula is C47H68N4O2. The SMILES string of the molecule is CC1c2cc(N3C(C)(C)C(C)(C)C(N4C(C)(C)C(C)(C)OC(C)(C)C4(C)C)C(C)(C)C3(C)C)c(C(C)(C)C)cc2C(=O)c2c1[nH]c1cc(C#N)ccc21. The first-order valence-electron chi connectivity index (χ1n) is 19.8. The zero-order valence-corrected chi connectivity index (χ0v) is 36.7. The van der Waals surface area contributed by atoms with Gasteiger partial charge >= 0.3 is 0 Å². The van der Waals surface area contributed by atoms with Crippen molar-refractivity contribution in [2.45, 2.75) is 189 Å². The Morgan fingerprint density at radius 3 is 1.74 bits per heavy atom. The maximum atomic E-state index is 14.6. The Bertz CT molecular complexity index is 2020. The van der Waals surface area contributed by atoms with Crippen molar-refractivity contribution in [2.24, 2.45) is 10.8 Å². The third-order valence-electron chi connectivity index (χ3n) is 16.1. The Morgan fingerprint density at radius 2 is 1.26 bits per heavy atom. The van der Waals surface area contributed by atoms with Gasteiger partial charge in [0.05, 0.1) is 28.4 Å². The smallest absolute Gasteiger partial charge is 0.195 e. The van der Waals surface area contributed by atoms with Gasteiger partial charge in [0.25, 0.3) is 0 Å². The van der Waals surface area contributed by atoms with Gasteiger partial charge in [0.2, 0.25) is 0 Å². The van der Waals surface area contributed by atoms with Crippen molar-refractivity contribution in [3.05, 3.63) is 63.8 Å². The maximum Gasteiger partial charge on any atom is 0.195 e. The topological polar surface area (TPSA) is 72.4 Å². The minimum absolute atomic E-state index is 0.0346. The van der Waals surface area contributed by atoms with E-state index in [-0.39, 0.29) is 56.1 Å². The number of ketones is 1. The van der Waals surface area contributed by atoms with E-state index in [2.05, 4.69) is 171 Å². The number of benzene rings is 2. The van der Waals surface area contributed by atoms with Gasteiger partial charge in [0.15, 0.2) is 5.78 Å². The summed E-state index contributed by atoms with van der Waals surface area (Å²) in [6.07, 6.45) is 0. The van der Waals surface area contributed by atoms with Crippen molar-refractivity contribution in [1.82, 2.24) is 9.88 Å². The molecule has 0 spiro atoms. The number of carbonyl (C=O) groups excluding carboxylic acids is 1. The number of carbonyl (C=O) groups is 1. The highest BCUT2D eigenvalue weighted by Gasteiger charge is 2.72. The van der Waals surface area contributed by atoms with Crippen LogP contribution in [0.2, 0.25) is 0 Å². The fourth-order valence-electron chi connectivity index (χ4n) is 11.0. The molecule has 6 heteroatoms. The molecule has 6 rings (SSSR count). The number of rotatable bonds is 2. The normalized spacial score (nSPS) is 26.5. The molecule has 1 unspecified atom stereocenters. The first-order chi connectivity index (χ1) is 23.7. The number of ether oxygens (including phenoxy) is 1. The molecule has 53 heavy (non-hydrogen) atoms. The van der Waals surface area contributed by atoms with E-state index >= 15 is 0 Å². The average Bonchev–Trinajstić information content (AvgIpc) is 3.38. The number of nitrogens with one attached hydrogen (secondary N) is 1. The third-order valence-corrected chi connectivity index (χ3v) is 16.1. The Morgan fingerprint density at radius 1 is 0.755 bits per heavy atom. The molecular weight excluding hydrogens is 653 g/mol. The molecule has 0 amide bonds. The van der Waals surface area contributed by atoms with Gasteiger partial charge in [-0.1, -0.05) is 61.5 Å². The zero-order chi connectivity index (χ0) is 40.2. The van der Waals surface area contributed by atoms with Gasteiger partial charge in [-0.15, -0.1) is 0 Å². The maximum absolute atomic E-state index is 14.6. The summed E-state index contributed by atoms with van der Waals surface area (Å²) in [4.78, 5) is 23.9. The minimum atomic E-state index is -0.401. The van der Waals surface area contributed by atoms with Gasteiger partial charge < -0.3 is 14.6 Å². The lowest BCUT2D eigenvalue weighted by atomic mass is 9.48. The summed E-state index contributed by atoms with van der Waals surface area (Å²) in [6, 6.07) is 12.6. The predicted octanol–water partition coefficient (Wildman–Crippen LogP) is 11.3. The van der Waals surface area contributed by atoms with E-state index in [0.717, 1.165) is 33.3 Å². The summed E-state index contributed by atoms with van der Waals surface area (Å²) in [5, 5.41) is 10.5. The Labute approximate surface area is 321 Å². The molecule has 3 aromatic rings. The molecule has 1 aliphatic carbocycles. The van der Waals surface area contributed by atoms with Crippen LogP contribution in [0, 0.1) is 22.2 Å². The van der Waals surface area contributed by atoms with E-state index in [9.17, 15) is 10.1 Å². The molecule has 288 valence electrons. The van der Waals surface area contributed by atoms with E-state index in [1.807, 2.05) is 18.2 Å². The van der Waals surface area contributed by atoms with Gasteiger partial charge in [-0.25, -0.2) is 0 Å². The van der Waals surface area contributed by atoms with E-state index in [1.165, 1.54) is 11.3 Å². The fraction of sp³-hybridized carbons (Fsp3) is 0.660. The highest BCUT2D eigenvalue weighted by molar-refractivity contribution is 6.20. The molecule has 2 aromatic carbocycles. The van der Waals surface area contributed by atoms with Crippen LogP contribution in [-0.2, 0) is 10.2 Å². The average molecular weight is 721 g/mol. The van der Waals surface area contributed by atoms with E-state index in [0.29, 0.717) is 5.56 Å². The van der Waals surface area contributed by atoms with Crippen molar-refractivity contribution < 1.29 is 9.53 Å². The molecule has 0 saturated carbocycles. The molecule has 2 fully saturated rings. The monoisotopic (exact) mass is 721 g/mol. The Hall–Kier alpha value is -3.14. The van der Waals surface area contributed by atoms with Crippen LogP contribution < -0.4 is 4.90 Å². The second-order valence-corrected chi connectivity index (χ2v) is 22.0. The van der Waals surface area contributed by atoms with Gasteiger partial charge in [-0.3, -0.25) is 9.69 Å². The van der Waals surface area contributed by atoms with Crippen molar-refractivity contribution in [3.63, 3.8) is 0 Å². The second-order valence-electron chi connectivity index (χ2n) is 22.0. The second kappa shape index (κ2) is 11.0. The number of nitriles is 1. The van der Waals surface area contributed by atoms with Gasteiger partial charge in [0.1, 0.15) is 0 Å². The number of aromatic amines is 1. The van der Waals surface area contributed by atoms with Crippen molar-refractivity contribution in [3.8, 4) is 6.07 Å². The lowest BCUT2D eigenvalue weighted by molar-refractivity contribution is -0.324. The summed E-state index contributed by atoms with van der Waals surface area (Å²) in [5.74, 6) is 0.0219. The molecule has 1 aromatic heterocycles. The van der Waals surface area contributed by atoms with E-state index < -0.39 is 11.2 Å². The van der Waals surface area contributed by atoms with Crippen LogP contribution in [0.25, 0.3) is 10.9 Å². The summed E-state index contributed by atoms with van der Waals surface area (Å²) in [5.41, 5.74) is 4.55. The number of hydrogen-bond acceptors (Lipinski definition) is 5. The van der Waals surface area contributed by atoms with Crippen molar-refractivity contribution in [2.75, 3.05) is 4.90 Å². The van der Waals surface area contributed by atoms with Crippen LogP contribution in [0.5, 0.6) is 0 Å². The number of hydrogen-bond donors (Lipinski definition) is 1. The summed E-state index contributed by atoms with van der Waals surface area (Å²) in [7, 11) is 0. The molecule has 2 saturated heterocycles. The lowest BCUT2D eigenvalue weighted by Gasteiger charge is -2.78. The van der Waals surface area contributed by atoms with Gasteiger partial charge in [-0.05, 0) is 124 Å². The number of nitrogens with zero attached hydrogens (tertiary/aromatic N) is 3. The molecule has 1 atom stereocenters. The quantitative estimate of drug-likeness (QED) is 0.285. The minimum Gasteiger partial charge on any atom is -0.366 e. The van der Waals surface area contributed by atoms with Gasteiger partial charge in [-0.2, -0.15) is 5.26 Å². The van der Waals surface area contributed by atoms with Crippen molar-refractivity contribution >= 4 is 22.4 Å². The molecule has 0 bridgehead atoms. The van der Waals surface area contributed by atoms with Crippen LogP contribution in [-0.4, -0.2) is 55.1 Å². The zero-order valence-electron chi connectivity index (χ0n) is 36.7. The van der Waals surface area contributed by atoms with Crippen LogP contribution in [0.1, 0.15) is 183 Å². The molecule has 0 radical (unpaired) electrons. The van der Waals surface area contributed by atoms with E-state index in [1.54, 1.807) is 0 Å². The highest BCUT2D eigenvalue weighted by atomic mass is 16.5. The Balaban J connectivity index is 1.61. The Kier molecular flexibility index (Phi) is 8.21. The number of H-pyrrole nitrogens is 1. The molecule has 2 aliphatic heterocycles. The predicted molar refractivity (Wildman–Crippen MR) is 220 cm³/mol. The number of morpholine rings is 1. The molecule has 1 N–H and O–H groups in total. The lowest BCUT2D eigenvalue weighted by Crippen LogP contribution is -2.87. The van der Waals surface area contributed by atoms with Crippen molar-refractivity contribution in [1.29, 1.82) is 5.26 Å². The third kappa shape index (κ3) is 4.91. The summed E-state index contributed by atoms with van der Waals surface area (Å²) < 4.78 is 7.03. The standard InChI is InChI=1S/C47H68N4O2/c1-27-30-25-34(32(39(2,3)4)24-31(30)37(52)35-29-22-21-28(26-48)23-33(29)49-36(27)35)50-42(9,10)40(5,6)38(41(7,8)43(50,11)12)51-44(13,14)46(17,18)53-47(19,20)45(51,15)16/h21-25,27,38,49H,1-20H3. The number of fused-ring (bicyclic) bond motifs is 4. The van der Waals surface area contributed by atoms with Gasteiger partial charge in [0, 0.05) is 72.8 Å². The number of anilines is 1. The molecule has 6 nitrogen and oxygen atoms in total. The number of aromatic nitrogens is 1. The molecule has 3 heterocycles. The first kappa shape index (κ1) is 39.6. The number of piperidine rings is 1. The van der Waals surface area contributed by atoms with E-state index in [4.69, 9.17) is 4.74 Å². The highest BCUT2D eigenvalue weighted by Crippen LogP contribution is 2.65. The fourth-order valence-corrected chi connectivity index (χ4v) is 11.0. The first-order valence-corrected chi connectivity index (χ1v) is 19.8. The summed E-state index contributed by atoms with van der Waals surface area (Å²) in [6.45, 7) is 47.5. The largest absolute Gasteiger partial charge is 0.366 e. The van der Waals surface area contributed by atoms with Crippen LogP contribution in [0.15, 0.2) is 30.3 Å².